The van der Waals surface area contributed by atoms with Gasteiger partial charge in [-0.25, -0.2) is 0 Å². The SMILES string of the molecule is CCCCC/C=C\C/C=C\C/C=C\C/C=C\CCCC(=O)OCC(COC(=O)CCCCCCCCCCCCCCCCCCCCC)OC(=O)CCCCCCC/C=C\CCCCCCCCCCC. The van der Waals surface area contributed by atoms with Crippen LogP contribution < -0.4 is 0 Å². The third-order valence-electron chi connectivity index (χ3n) is 13.7. The van der Waals surface area contributed by atoms with E-state index in [0.717, 1.165) is 77.0 Å². The van der Waals surface area contributed by atoms with Crippen molar-refractivity contribution in [3.63, 3.8) is 0 Å². The van der Waals surface area contributed by atoms with Gasteiger partial charge in [0, 0.05) is 19.3 Å². The van der Waals surface area contributed by atoms with Crippen LogP contribution in [0.2, 0.25) is 0 Å². The van der Waals surface area contributed by atoms with Gasteiger partial charge in [-0.1, -0.05) is 281 Å². The van der Waals surface area contributed by atoms with Crippen LogP contribution in [0.15, 0.2) is 60.8 Å². The van der Waals surface area contributed by atoms with Crippen LogP contribution >= 0.6 is 0 Å². The molecule has 418 valence electrons. The number of carbonyl (C=O) groups excluding carboxylic acids is 3. The van der Waals surface area contributed by atoms with Crippen LogP contribution in [0.25, 0.3) is 0 Å². The molecule has 0 saturated carbocycles. The molecule has 0 aromatic carbocycles. The van der Waals surface area contributed by atoms with Gasteiger partial charge in [0.05, 0.1) is 0 Å². The first-order valence-corrected chi connectivity index (χ1v) is 31.3. The number of carbonyl (C=O) groups is 3. The van der Waals surface area contributed by atoms with E-state index in [1.54, 1.807) is 0 Å². The maximum absolute atomic E-state index is 12.9. The molecule has 6 nitrogen and oxygen atoms in total. The quantitative estimate of drug-likeness (QED) is 0.0261. The monoisotopic (exact) mass is 1010 g/mol. The lowest BCUT2D eigenvalue weighted by Gasteiger charge is -2.18. The molecule has 0 aliphatic carbocycles. The molecule has 6 heteroatoms. The third kappa shape index (κ3) is 58.0. The Morgan fingerprint density at radius 1 is 0.278 bits per heavy atom. The molecule has 1 atom stereocenters. The van der Waals surface area contributed by atoms with Gasteiger partial charge >= 0.3 is 17.9 Å². The fourth-order valence-electron chi connectivity index (χ4n) is 9.02. The Bertz CT molecular complexity index is 1290. The van der Waals surface area contributed by atoms with Gasteiger partial charge in [-0.05, 0) is 83.5 Å². The average Bonchev–Trinajstić information content (AvgIpc) is 3.38. The lowest BCUT2D eigenvalue weighted by molar-refractivity contribution is -0.167. The molecular formula is C66H118O6. The van der Waals surface area contributed by atoms with E-state index in [4.69, 9.17) is 14.2 Å². The van der Waals surface area contributed by atoms with Gasteiger partial charge in [0.1, 0.15) is 13.2 Å². The van der Waals surface area contributed by atoms with Crippen molar-refractivity contribution in [1.82, 2.24) is 0 Å². The molecule has 0 bridgehead atoms. The van der Waals surface area contributed by atoms with Gasteiger partial charge in [-0.2, -0.15) is 0 Å². The van der Waals surface area contributed by atoms with Crippen LogP contribution in [0.1, 0.15) is 323 Å². The van der Waals surface area contributed by atoms with E-state index in [-0.39, 0.29) is 37.5 Å². The molecule has 0 aliphatic heterocycles. The Morgan fingerprint density at radius 2 is 0.514 bits per heavy atom. The first kappa shape index (κ1) is 69.1. The molecule has 72 heavy (non-hydrogen) atoms. The fraction of sp³-hybridized carbons (Fsp3) is 0.803. The standard InChI is InChI=1S/C66H118O6/c1-4-7-10-13-16-19-22-25-28-31-33-36-38-41-44-47-50-53-56-59-65(68)71-62-63(61-70-64(67)58-55-52-49-46-43-40-37-34-30-27-24-21-18-15-12-9-6-3)72-66(69)60-57-54-51-48-45-42-39-35-32-29-26-23-20-17-14-11-8-5-2/h18,21,27,30,35,37,39-40,46,49,63H,4-17,19-20,22-26,28-29,31-34,36,38,41-45,47-48,50-62H2,1-3H3/b21-18-,30-27-,39-35-,40-37-,49-46-. The van der Waals surface area contributed by atoms with E-state index in [1.165, 1.54) is 199 Å². The summed E-state index contributed by atoms with van der Waals surface area (Å²) < 4.78 is 16.9. The Balaban J connectivity index is 4.42. The Hall–Kier alpha value is -2.89. The van der Waals surface area contributed by atoms with Gasteiger partial charge in [-0.15, -0.1) is 0 Å². The number of esters is 3. The second-order valence-corrected chi connectivity index (χ2v) is 21.0. The molecular weight excluding hydrogens is 889 g/mol. The molecule has 0 aromatic rings. The van der Waals surface area contributed by atoms with Gasteiger partial charge in [0.25, 0.3) is 0 Å². The second kappa shape index (κ2) is 60.7. The first-order valence-electron chi connectivity index (χ1n) is 31.3. The predicted molar refractivity (Wildman–Crippen MR) is 312 cm³/mol. The summed E-state index contributed by atoms with van der Waals surface area (Å²) in [5, 5.41) is 0. The van der Waals surface area contributed by atoms with Crippen molar-refractivity contribution >= 4 is 17.9 Å². The van der Waals surface area contributed by atoms with Gasteiger partial charge in [0.2, 0.25) is 0 Å². The Morgan fingerprint density at radius 3 is 0.875 bits per heavy atom. The largest absolute Gasteiger partial charge is 0.462 e. The lowest BCUT2D eigenvalue weighted by Crippen LogP contribution is -2.30. The van der Waals surface area contributed by atoms with Crippen LogP contribution in [0.3, 0.4) is 0 Å². The lowest BCUT2D eigenvalue weighted by atomic mass is 10.0. The van der Waals surface area contributed by atoms with Crippen molar-refractivity contribution in [2.24, 2.45) is 0 Å². The maximum atomic E-state index is 12.9. The van der Waals surface area contributed by atoms with Crippen molar-refractivity contribution < 1.29 is 28.6 Å². The summed E-state index contributed by atoms with van der Waals surface area (Å²) in [4.78, 5) is 38.3. The molecule has 0 spiro atoms. The smallest absolute Gasteiger partial charge is 0.306 e. The van der Waals surface area contributed by atoms with E-state index < -0.39 is 6.10 Å². The summed E-state index contributed by atoms with van der Waals surface area (Å²) in [6.45, 7) is 6.60. The molecule has 0 saturated heterocycles. The predicted octanol–water partition coefficient (Wildman–Crippen LogP) is 21.2. The number of unbranched alkanes of at least 4 members (excludes halogenated alkanes) is 36. The van der Waals surface area contributed by atoms with Gasteiger partial charge < -0.3 is 14.2 Å². The second-order valence-electron chi connectivity index (χ2n) is 21.0. The van der Waals surface area contributed by atoms with Crippen LogP contribution in [-0.2, 0) is 28.6 Å². The zero-order valence-electron chi connectivity index (χ0n) is 47.9. The van der Waals surface area contributed by atoms with Crippen LogP contribution in [0.5, 0.6) is 0 Å². The van der Waals surface area contributed by atoms with Gasteiger partial charge in [-0.3, -0.25) is 14.4 Å². The van der Waals surface area contributed by atoms with Crippen LogP contribution in [-0.4, -0.2) is 37.2 Å². The minimum absolute atomic E-state index is 0.0914. The van der Waals surface area contributed by atoms with Crippen molar-refractivity contribution in [2.45, 2.75) is 329 Å². The molecule has 0 N–H and O–H groups in total. The fourth-order valence-corrected chi connectivity index (χ4v) is 9.02. The zero-order chi connectivity index (χ0) is 52.2. The highest BCUT2D eigenvalue weighted by Crippen LogP contribution is 2.17. The van der Waals surface area contributed by atoms with Crippen LogP contribution in [0, 0.1) is 0 Å². The Labute approximate surface area is 447 Å². The highest BCUT2D eigenvalue weighted by atomic mass is 16.6. The van der Waals surface area contributed by atoms with E-state index in [2.05, 4.69) is 81.5 Å². The summed E-state index contributed by atoms with van der Waals surface area (Å²) in [7, 11) is 0. The van der Waals surface area contributed by atoms with Crippen molar-refractivity contribution in [3.8, 4) is 0 Å². The first-order chi connectivity index (χ1) is 35.5. The summed E-state index contributed by atoms with van der Waals surface area (Å²) in [5.74, 6) is -0.941. The maximum Gasteiger partial charge on any atom is 0.306 e. The van der Waals surface area contributed by atoms with E-state index >= 15 is 0 Å². The number of allylic oxidation sites excluding steroid dienone is 10. The molecule has 0 radical (unpaired) electrons. The highest BCUT2D eigenvalue weighted by Gasteiger charge is 2.19. The highest BCUT2D eigenvalue weighted by molar-refractivity contribution is 5.71. The summed E-state index contributed by atoms with van der Waals surface area (Å²) in [6.07, 6.45) is 76.5. The molecule has 0 heterocycles. The minimum atomic E-state index is -0.800. The van der Waals surface area contributed by atoms with Crippen LogP contribution in [0.4, 0.5) is 0 Å². The molecule has 0 aliphatic rings. The van der Waals surface area contributed by atoms with E-state index in [9.17, 15) is 14.4 Å². The van der Waals surface area contributed by atoms with Crippen molar-refractivity contribution in [2.75, 3.05) is 13.2 Å². The number of ether oxygens (including phenoxy) is 3. The number of hydrogen-bond donors (Lipinski definition) is 0. The normalized spacial score (nSPS) is 12.4. The number of hydrogen-bond acceptors (Lipinski definition) is 6. The van der Waals surface area contributed by atoms with E-state index in [1.807, 2.05) is 0 Å². The molecule has 0 amide bonds. The molecule has 0 fully saturated rings. The van der Waals surface area contributed by atoms with Crippen molar-refractivity contribution in [1.29, 1.82) is 0 Å². The average molecular weight is 1010 g/mol. The van der Waals surface area contributed by atoms with Crippen molar-refractivity contribution in [3.05, 3.63) is 60.8 Å². The summed E-state index contributed by atoms with van der Waals surface area (Å²) in [5.41, 5.74) is 0. The molecule has 0 rings (SSSR count). The van der Waals surface area contributed by atoms with Gasteiger partial charge in [0.15, 0.2) is 6.10 Å². The third-order valence-corrected chi connectivity index (χ3v) is 13.7. The van der Waals surface area contributed by atoms with E-state index in [0.29, 0.717) is 19.3 Å². The molecule has 0 aromatic heterocycles. The minimum Gasteiger partial charge on any atom is -0.462 e. The summed E-state index contributed by atoms with van der Waals surface area (Å²) >= 11 is 0. The summed E-state index contributed by atoms with van der Waals surface area (Å²) in [6, 6.07) is 0. The Kier molecular flexibility index (Phi) is 58.2. The number of rotatable bonds is 57. The molecule has 1 unspecified atom stereocenters. The topological polar surface area (TPSA) is 78.9 Å². The zero-order valence-corrected chi connectivity index (χ0v) is 47.9.